The maximum absolute atomic E-state index is 9.81. The predicted molar refractivity (Wildman–Crippen MR) is 193 cm³/mol. The molecule has 7 aromatic carbocycles. The molecule has 0 amide bonds. The van der Waals surface area contributed by atoms with Gasteiger partial charge in [-0.25, -0.2) is 0 Å². The molecule has 0 bridgehead atoms. The molecule has 0 unspecified atom stereocenters. The zero-order valence-electron chi connectivity index (χ0n) is 46.5. The Morgan fingerprint density at radius 1 is 0.378 bits per heavy atom. The molecule has 3 heteroatoms. The first kappa shape index (κ1) is 11.1. The van der Waals surface area contributed by atoms with Crippen LogP contribution in [0.4, 0.5) is 0 Å². The average molecular weight is 615 g/mol. The summed E-state index contributed by atoms with van der Waals surface area (Å²) in [5.74, 6) is 0. The lowest BCUT2D eigenvalue weighted by molar-refractivity contribution is 1.18. The second-order valence-corrected chi connectivity index (χ2v) is 10.9. The van der Waals surface area contributed by atoms with Crippen molar-refractivity contribution in [2.75, 3.05) is 0 Å². The van der Waals surface area contributed by atoms with Crippen LogP contribution < -0.4 is 0 Å². The summed E-state index contributed by atoms with van der Waals surface area (Å²) < 4.78 is 217. The lowest BCUT2D eigenvalue weighted by Gasteiger charge is -2.10. The summed E-state index contributed by atoms with van der Waals surface area (Å²) in [6.45, 7) is 0. The van der Waals surface area contributed by atoms with E-state index in [9.17, 15) is 11.0 Å². The molecule has 0 atom stereocenters. The predicted octanol–water partition coefficient (Wildman–Crippen LogP) is 11.9. The van der Waals surface area contributed by atoms with Crippen molar-refractivity contribution in [1.29, 1.82) is 0 Å². The third-order valence-electron chi connectivity index (χ3n) is 7.47. The Balaban J connectivity index is 1.42. The van der Waals surface area contributed by atoms with Gasteiger partial charge in [-0.1, -0.05) is 84.6 Å². The summed E-state index contributed by atoms with van der Waals surface area (Å²) >= 11 is 0.734. The van der Waals surface area contributed by atoms with E-state index < -0.39 is 199 Å². The van der Waals surface area contributed by atoms with E-state index in [0.717, 1.165) is 32.6 Å². The first-order chi connectivity index (χ1) is 32.3. The van der Waals surface area contributed by atoms with Crippen LogP contribution in [0.1, 0.15) is 32.9 Å². The van der Waals surface area contributed by atoms with Gasteiger partial charge in [0, 0.05) is 53.1 Å². The second kappa shape index (κ2) is 9.43. The summed E-state index contributed by atoms with van der Waals surface area (Å²) in [7, 11) is 0. The Kier molecular flexibility index (Phi) is 2.32. The van der Waals surface area contributed by atoms with Crippen LogP contribution in [0.3, 0.4) is 0 Å². The number of hydrogen-bond donors (Lipinski definition) is 0. The SMILES string of the molecule is [2H]c1cc([2H])c(-n2c3c([2H])c([2H])c([2H])c([2H])c3c3c([2H])c(-c4c([2H])c([2H])c5c(c4[2H])c4c([2H])c([2H])c([2H])c([2H])c4n5-c4c([2H])c([2H])c5sc6c([2H])c([2H])c([2H])c([2H])c6c5c4[2H])c([2H])c([2H])c32)c([2H])c1. The van der Waals surface area contributed by atoms with Gasteiger partial charge in [-0.2, -0.15) is 0 Å². The van der Waals surface area contributed by atoms with Gasteiger partial charge in [0.25, 0.3) is 0 Å². The molecular weight excluding hydrogens is 565 g/mol. The summed E-state index contributed by atoms with van der Waals surface area (Å²) in [5, 5.41) is -2.24. The zero-order chi connectivity index (χ0) is 50.4. The van der Waals surface area contributed by atoms with E-state index in [0.29, 0.717) is 0 Å². The van der Waals surface area contributed by atoms with Crippen LogP contribution in [0.5, 0.6) is 0 Å². The maximum Gasteiger partial charge on any atom is 0.0652 e. The van der Waals surface area contributed by atoms with E-state index in [1.807, 2.05) is 0 Å². The van der Waals surface area contributed by atoms with E-state index in [2.05, 4.69) is 0 Å². The molecule has 10 aromatic rings. The molecule has 3 heterocycles. The fraction of sp³-hybridized carbons (Fsp3) is 0. The number of thiophene rings is 1. The van der Waals surface area contributed by atoms with Crippen LogP contribution in [0.25, 0.3) is 86.3 Å². The molecule has 0 spiro atoms. The molecule has 210 valence electrons. The number of para-hydroxylation sites is 3. The fourth-order valence-electron chi connectivity index (χ4n) is 5.56. The van der Waals surface area contributed by atoms with Crippen LogP contribution in [0.15, 0.2) is 157 Å². The van der Waals surface area contributed by atoms with Gasteiger partial charge in [-0.15, -0.1) is 11.3 Å². The van der Waals surface area contributed by atoms with E-state index in [-0.39, 0.29) is 31.9 Å². The summed E-state index contributed by atoms with van der Waals surface area (Å²) in [5.41, 5.74) is -4.29. The van der Waals surface area contributed by atoms with Crippen LogP contribution in [0.2, 0.25) is 0 Å². The number of benzene rings is 7. The highest BCUT2D eigenvalue weighted by atomic mass is 32.1. The van der Waals surface area contributed by atoms with Gasteiger partial charge in [-0.3, -0.25) is 0 Å². The molecule has 0 aliphatic carbocycles. The minimum Gasteiger partial charge on any atom is -0.309 e. The Bertz CT molecular complexity index is 4110. The summed E-state index contributed by atoms with van der Waals surface area (Å²) in [6.07, 6.45) is 0. The highest BCUT2D eigenvalue weighted by Gasteiger charge is 2.16. The number of aromatic nitrogens is 2. The molecule has 0 N–H and O–H groups in total. The lowest BCUT2D eigenvalue weighted by Crippen LogP contribution is -1.93. The molecule has 0 radical (unpaired) electrons. The molecule has 0 aliphatic heterocycles. The third-order valence-corrected chi connectivity index (χ3v) is 8.49. The molecule has 0 aliphatic rings. The number of hydrogen-bond acceptors (Lipinski definition) is 1. The molecule has 45 heavy (non-hydrogen) atoms. The van der Waals surface area contributed by atoms with E-state index in [4.69, 9.17) is 21.9 Å². The molecule has 0 saturated heterocycles. The van der Waals surface area contributed by atoms with Crippen molar-refractivity contribution in [1.82, 2.24) is 9.13 Å². The Morgan fingerprint density at radius 2 is 0.911 bits per heavy atom. The van der Waals surface area contributed by atoms with E-state index in [1.165, 1.54) is 0 Å². The molecule has 3 aromatic heterocycles. The van der Waals surface area contributed by atoms with Crippen molar-refractivity contribution in [2.24, 2.45) is 0 Å². The largest absolute Gasteiger partial charge is 0.309 e. The molecular formula is C42H26N2S. The van der Waals surface area contributed by atoms with Crippen molar-refractivity contribution < 1.29 is 32.9 Å². The average Bonchev–Trinajstić information content (AvgIpc) is 3.99. The minimum atomic E-state index is -0.938. The second-order valence-electron chi connectivity index (χ2n) is 9.89. The number of fused-ring (bicyclic) bond motifs is 9. The van der Waals surface area contributed by atoms with Crippen LogP contribution in [0, 0.1) is 0 Å². The van der Waals surface area contributed by atoms with Crippen molar-refractivity contribution >= 4 is 75.1 Å². The molecule has 0 saturated carbocycles. The van der Waals surface area contributed by atoms with Crippen molar-refractivity contribution in [3.63, 3.8) is 0 Å². The number of rotatable bonds is 3. The van der Waals surface area contributed by atoms with Gasteiger partial charge in [-0.05, 0) is 83.6 Å². The monoisotopic (exact) mass is 614 g/mol. The Labute approximate surface area is 297 Å². The van der Waals surface area contributed by atoms with Crippen molar-refractivity contribution in [3.05, 3.63) is 157 Å². The Morgan fingerprint density at radius 3 is 1.58 bits per heavy atom. The van der Waals surface area contributed by atoms with Gasteiger partial charge in [0.2, 0.25) is 0 Å². The van der Waals surface area contributed by atoms with Gasteiger partial charge in [0.15, 0.2) is 0 Å². The highest BCUT2D eigenvalue weighted by Crippen LogP contribution is 2.40. The van der Waals surface area contributed by atoms with Crippen LogP contribution >= 0.6 is 11.3 Å². The van der Waals surface area contributed by atoms with Gasteiger partial charge >= 0.3 is 0 Å². The number of nitrogens with zero attached hydrogens (tertiary/aromatic N) is 2. The lowest BCUT2D eigenvalue weighted by atomic mass is 10.0. The van der Waals surface area contributed by atoms with Crippen molar-refractivity contribution in [2.45, 2.75) is 0 Å². The first-order valence-corrected chi connectivity index (χ1v) is 14.2. The standard InChI is InChI=1S/C42H26N2S/c1-2-10-29(11-3-1)43-37-15-7-4-12-31(37)34-24-27(18-21-39(34)43)28-19-22-40-35(25-28)32-13-5-8-16-38(32)44(40)30-20-23-42-36(26-30)33-14-6-9-17-41(33)45-42/h1-26H/i1D,4D,5D,6D,7D,8D,9D,10D,11D,12D,13D,14D,15D,16D,17D,18D,19D,20D,21D,22D,23D,24D,25D,26D. The molecule has 2 nitrogen and oxygen atoms in total. The van der Waals surface area contributed by atoms with E-state index >= 15 is 0 Å². The molecule has 0 fully saturated rings. The minimum absolute atomic E-state index is 0.0424. The summed E-state index contributed by atoms with van der Waals surface area (Å²) in [6, 6.07) is -14.9. The quantitative estimate of drug-likeness (QED) is 0.187. The Hall–Kier alpha value is -5.64. The summed E-state index contributed by atoms with van der Waals surface area (Å²) in [4.78, 5) is 0. The fourth-order valence-corrected chi connectivity index (χ4v) is 6.48. The normalized spacial score (nSPS) is 19.5. The van der Waals surface area contributed by atoms with Gasteiger partial charge < -0.3 is 9.13 Å². The topological polar surface area (TPSA) is 9.86 Å². The molecule has 10 rings (SSSR count). The third kappa shape index (κ3) is 3.62. The zero-order valence-corrected chi connectivity index (χ0v) is 23.3. The van der Waals surface area contributed by atoms with Gasteiger partial charge in [0.1, 0.15) is 0 Å². The highest BCUT2D eigenvalue weighted by molar-refractivity contribution is 7.25. The first-order valence-electron chi connectivity index (χ1n) is 25.4. The van der Waals surface area contributed by atoms with Crippen LogP contribution in [-0.4, -0.2) is 9.13 Å². The van der Waals surface area contributed by atoms with Gasteiger partial charge in [0.05, 0.1) is 55.0 Å². The maximum atomic E-state index is 9.81. The van der Waals surface area contributed by atoms with E-state index in [1.54, 1.807) is 0 Å². The smallest absolute Gasteiger partial charge is 0.0652 e. The van der Waals surface area contributed by atoms with Crippen molar-refractivity contribution in [3.8, 4) is 22.5 Å². The van der Waals surface area contributed by atoms with Crippen LogP contribution in [-0.2, 0) is 0 Å².